The first kappa shape index (κ1) is 12.2. The lowest BCUT2D eigenvalue weighted by atomic mass is 9.79. The lowest BCUT2D eigenvalue weighted by molar-refractivity contribution is -0.525. The average molecular weight is 192 g/mol. The Morgan fingerprint density at radius 1 is 1.15 bits per heavy atom. The quantitative estimate of drug-likeness (QED) is 0.549. The van der Waals surface area contributed by atoms with Crippen molar-refractivity contribution in [2.75, 3.05) is 0 Å². The summed E-state index contributed by atoms with van der Waals surface area (Å²) in [6.07, 6.45) is -1.54. The topological polar surface area (TPSA) is 65.0 Å². The average Bonchev–Trinajstić information content (AvgIpc) is 1.82. The molecule has 0 radical (unpaired) electrons. The minimum Gasteiger partial charge on any atom is -0.448 e. The molecule has 0 unspecified atom stereocenters. The summed E-state index contributed by atoms with van der Waals surface area (Å²) >= 11 is 0. The maximum Gasteiger partial charge on any atom is 0.540 e. The first-order chi connectivity index (χ1) is 5.67. The SMILES string of the molecule is CC(C)(C)C(C)(C)OOOC(=O)O. The van der Waals surface area contributed by atoms with E-state index in [0.717, 1.165) is 0 Å². The van der Waals surface area contributed by atoms with Crippen molar-refractivity contribution in [3.8, 4) is 0 Å². The third-order valence-electron chi connectivity index (χ3n) is 2.15. The van der Waals surface area contributed by atoms with Gasteiger partial charge < -0.3 is 5.11 Å². The van der Waals surface area contributed by atoms with Crippen LogP contribution in [0.4, 0.5) is 4.79 Å². The van der Waals surface area contributed by atoms with Gasteiger partial charge in [0.25, 0.3) is 0 Å². The zero-order valence-corrected chi connectivity index (χ0v) is 8.58. The van der Waals surface area contributed by atoms with Gasteiger partial charge in [-0.25, -0.2) is 9.68 Å². The first-order valence-electron chi connectivity index (χ1n) is 3.92. The van der Waals surface area contributed by atoms with Crippen LogP contribution < -0.4 is 0 Å². The van der Waals surface area contributed by atoms with E-state index in [9.17, 15) is 4.79 Å². The molecular formula is C8H16O5. The Kier molecular flexibility index (Phi) is 3.69. The molecule has 0 saturated heterocycles. The van der Waals surface area contributed by atoms with Crippen LogP contribution in [0, 0.1) is 5.41 Å². The fourth-order valence-electron chi connectivity index (χ4n) is 0.256. The third-order valence-corrected chi connectivity index (χ3v) is 2.15. The van der Waals surface area contributed by atoms with E-state index in [1.165, 1.54) is 0 Å². The Hall–Kier alpha value is -0.810. The van der Waals surface area contributed by atoms with E-state index in [-0.39, 0.29) is 5.41 Å². The van der Waals surface area contributed by atoms with Gasteiger partial charge >= 0.3 is 6.16 Å². The van der Waals surface area contributed by atoms with Gasteiger partial charge in [-0.05, 0) is 24.3 Å². The molecule has 0 aliphatic heterocycles. The second-order valence-corrected chi connectivity index (χ2v) is 4.26. The number of hydrogen-bond donors (Lipinski definition) is 1. The molecule has 0 aromatic heterocycles. The van der Waals surface area contributed by atoms with Gasteiger partial charge in [0.15, 0.2) is 0 Å². The first-order valence-corrected chi connectivity index (χ1v) is 3.92. The van der Waals surface area contributed by atoms with Gasteiger partial charge in [0.05, 0.1) is 0 Å². The minimum absolute atomic E-state index is 0.186. The summed E-state index contributed by atoms with van der Waals surface area (Å²) in [6, 6.07) is 0. The normalized spacial score (nSPS) is 12.7. The largest absolute Gasteiger partial charge is 0.540 e. The second-order valence-electron chi connectivity index (χ2n) is 4.26. The monoisotopic (exact) mass is 192 g/mol. The summed E-state index contributed by atoms with van der Waals surface area (Å²) in [4.78, 5) is 18.5. The molecule has 0 rings (SSSR count). The van der Waals surface area contributed by atoms with Crippen LogP contribution >= 0.6 is 0 Å². The Morgan fingerprint density at radius 2 is 1.62 bits per heavy atom. The third kappa shape index (κ3) is 4.10. The van der Waals surface area contributed by atoms with Gasteiger partial charge in [0.1, 0.15) is 5.60 Å². The molecule has 0 atom stereocenters. The van der Waals surface area contributed by atoms with Gasteiger partial charge in [-0.15, -0.1) is 0 Å². The van der Waals surface area contributed by atoms with Crippen molar-refractivity contribution < 1.29 is 24.7 Å². The molecule has 0 aromatic carbocycles. The highest BCUT2D eigenvalue weighted by molar-refractivity contribution is 5.55. The Bertz CT molecular complexity index is 179. The van der Waals surface area contributed by atoms with Crippen LogP contribution in [0.1, 0.15) is 34.6 Å². The second kappa shape index (κ2) is 3.93. The van der Waals surface area contributed by atoms with Crippen LogP contribution in [0.3, 0.4) is 0 Å². The molecule has 0 amide bonds. The highest BCUT2D eigenvalue weighted by atomic mass is 17.5. The highest BCUT2D eigenvalue weighted by Gasteiger charge is 2.36. The molecule has 13 heavy (non-hydrogen) atoms. The summed E-state index contributed by atoms with van der Waals surface area (Å²) < 4.78 is 0. The molecule has 5 nitrogen and oxygen atoms in total. The molecular weight excluding hydrogens is 176 g/mol. The van der Waals surface area contributed by atoms with Crippen molar-refractivity contribution in [1.82, 2.24) is 0 Å². The molecule has 0 saturated carbocycles. The molecule has 0 bridgehead atoms. The molecule has 78 valence electrons. The lowest BCUT2D eigenvalue weighted by Crippen LogP contribution is -2.39. The molecule has 1 N–H and O–H groups in total. The zero-order chi connectivity index (χ0) is 10.7. The fourth-order valence-corrected chi connectivity index (χ4v) is 0.256. The van der Waals surface area contributed by atoms with Crippen molar-refractivity contribution in [1.29, 1.82) is 0 Å². The van der Waals surface area contributed by atoms with Gasteiger partial charge in [0, 0.05) is 0 Å². The van der Waals surface area contributed by atoms with Gasteiger partial charge in [-0.3, -0.25) is 0 Å². The van der Waals surface area contributed by atoms with Crippen molar-refractivity contribution in [3.63, 3.8) is 0 Å². The van der Waals surface area contributed by atoms with Crippen LogP contribution in [0.15, 0.2) is 0 Å². The van der Waals surface area contributed by atoms with Crippen molar-refractivity contribution in [2.24, 2.45) is 5.41 Å². The van der Waals surface area contributed by atoms with Crippen molar-refractivity contribution in [2.45, 2.75) is 40.2 Å². The molecule has 0 heterocycles. The van der Waals surface area contributed by atoms with E-state index in [1.807, 2.05) is 20.8 Å². The van der Waals surface area contributed by atoms with Gasteiger partial charge in [-0.1, -0.05) is 20.8 Å². The standard InChI is InChI=1S/C8H16O5/c1-7(2,3)8(4,5)12-13-11-6(9)10/h1-5H3,(H,9,10). The van der Waals surface area contributed by atoms with E-state index < -0.39 is 11.8 Å². The zero-order valence-electron chi connectivity index (χ0n) is 8.58. The van der Waals surface area contributed by atoms with E-state index in [1.54, 1.807) is 13.8 Å². The maximum atomic E-state index is 9.91. The van der Waals surface area contributed by atoms with E-state index >= 15 is 0 Å². The Labute approximate surface area is 77.4 Å². The minimum atomic E-state index is -1.54. The Balaban J connectivity index is 3.97. The number of rotatable bonds is 3. The summed E-state index contributed by atoms with van der Waals surface area (Å²) in [5, 5.41) is 12.2. The van der Waals surface area contributed by atoms with Crippen LogP contribution in [0.25, 0.3) is 0 Å². The smallest absolute Gasteiger partial charge is 0.448 e. The molecule has 0 fully saturated rings. The van der Waals surface area contributed by atoms with Crippen LogP contribution in [-0.2, 0) is 14.8 Å². The van der Waals surface area contributed by atoms with E-state index in [4.69, 9.17) is 9.99 Å². The summed E-state index contributed by atoms with van der Waals surface area (Å²) in [7, 11) is 0. The number of carbonyl (C=O) groups is 1. The lowest BCUT2D eigenvalue weighted by Gasteiger charge is -2.35. The van der Waals surface area contributed by atoms with E-state index in [0.29, 0.717) is 0 Å². The molecule has 0 aromatic rings. The van der Waals surface area contributed by atoms with Gasteiger partial charge in [-0.2, -0.15) is 4.89 Å². The number of carboxylic acid groups (broad SMARTS) is 1. The molecule has 5 heteroatoms. The van der Waals surface area contributed by atoms with Crippen molar-refractivity contribution >= 4 is 6.16 Å². The summed E-state index contributed by atoms with van der Waals surface area (Å²) in [6.45, 7) is 9.38. The van der Waals surface area contributed by atoms with Crippen LogP contribution in [0.2, 0.25) is 0 Å². The van der Waals surface area contributed by atoms with Crippen LogP contribution in [0.5, 0.6) is 0 Å². The number of hydrogen-bond acceptors (Lipinski definition) is 4. The summed E-state index contributed by atoms with van der Waals surface area (Å²) in [5.41, 5.74) is -0.822. The summed E-state index contributed by atoms with van der Waals surface area (Å²) in [5.74, 6) is 0. The molecule has 0 spiro atoms. The van der Waals surface area contributed by atoms with E-state index in [2.05, 4.69) is 9.93 Å². The van der Waals surface area contributed by atoms with Gasteiger partial charge in [0.2, 0.25) is 0 Å². The maximum absolute atomic E-state index is 9.91. The fraction of sp³-hybridized carbons (Fsp3) is 0.875. The predicted octanol–water partition coefficient (Wildman–Crippen LogP) is 2.37. The molecule has 0 aliphatic carbocycles. The predicted molar refractivity (Wildman–Crippen MR) is 44.8 cm³/mol. The van der Waals surface area contributed by atoms with Crippen LogP contribution in [-0.4, -0.2) is 16.9 Å². The van der Waals surface area contributed by atoms with Crippen molar-refractivity contribution in [3.05, 3.63) is 0 Å². The molecule has 0 aliphatic rings. The highest BCUT2D eigenvalue weighted by Crippen LogP contribution is 2.32. The Morgan fingerprint density at radius 3 is 1.92 bits per heavy atom.